The van der Waals surface area contributed by atoms with Gasteiger partial charge >= 0.3 is 0 Å². The fourth-order valence-corrected chi connectivity index (χ4v) is 5.55. The molecule has 0 bridgehead atoms. The molecule has 0 unspecified atom stereocenters. The number of aliphatic imine (C=N–C) groups is 1. The zero-order valence-corrected chi connectivity index (χ0v) is 20.8. The smallest absolute Gasteiger partial charge is 0.264 e. The molecule has 2 aromatic carbocycles. The Hall–Kier alpha value is -0.840. The molecule has 0 aliphatic carbocycles. The molecule has 0 saturated carbocycles. The SMILES string of the molecule is COc1c(Br)cc(/C=C2\SC(=Nc3cc(C)c(Br)c(C)c3)NC2=O)cc1I. The van der Waals surface area contributed by atoms with Gasteiger partial charge in [-0.05, 0) is 111 Å². The molecule has 8 heteroatoms. The molecule has 0 spiro atoms. The molecule has 0 atom stereocenters. The van der Waals surface area contributed by atoms with Crippen molar-refractivity contribution in [3.63, 3.8) is 0 Å². The number of nitrogens with zero attached hydrogens (tertiary/aromatic N) is 1. The summed E-state index contributed by atoms with van der Waals surface area (Å²) in [5.74, 6) is 0.635. The van der Waals surface area contributed by atoms with Gasteiger partial charge in [0.15, 0.2) is 5.17 Å². The number of carbonyl (C=O) groups excluding carboxylic acids is 1. The molecule has 1 saturated heterocycles. The summed E-state index contributed by atoms with van der Waals surface area (Å²) >= 11 is 10.6. The van der Waals surface area contributed by atoms with Gasteiger partial charge in [0, 0.05) is 4.47 Å². The lowest BCUT2D eigenvalue weighted by atomic mass is 10.1. The maximum Gasteiger partial charge on any atom is 0.264 e. The normalized spacial score (nSPS) is 16.9. The fourth-order valence-electron chi connectivity index (χ4n) is 2.59. The third-order valence-electron chi connectivity index (χ3n) is 3.83. The van der Waals surface area contributed by atoms with Crippen LogP contribution in [0.3, 0.4) is 0 Å². The monoisotopic (exact) mass is 620 g/mol. The molecular formula is C19H15Br2IN2O2S. The minimum absolute atomic E-state index is 0.147. The third kappa shape index (κ3) is 4.78. The van der Waals surface area contributed by atoms with E-state index in [0.717, 1.165) is 40.6 Å². The van der Waals surface area contributed by atoms with E-state index in [0.29, 0.717) is 10.1 Å². The fraction of sp³-hybridized carbons (Fsp3) is 0.158. The lowest BCUT2D eigenvalue weighted by Crippen LogP contribution is -2.19. The van der Waals surface area contributed by atoms with E-state index in [-0.39, 0.29) is 5.91 Å². The highest BCUT2D eigenvalue weighted by Crippen LogP contribution is 2.35. The van der Waals surface area contributed by atoms with E-state index in [1.807, 2.05) is 44.2 Å². The number of halogens is 3. The number of thioether (sulfide) groups is 1. The van der Waals surface area contributed by atoms with Crippen molar-refractivity contribution in [2.45, 2.75) is 13.8 Å². The first-order valence-electron chi connectivity index (χ1n) is 7.88. The summed E-state index contributed by atoms with van der Waals surface area (Å²) in [6.07, 6.45) is 1.85. The molecule has 1 aliphatic heterocycles. The maximum absolute atomic E-state index is 12.3. The summed E-state index contributed by atoms with van der Waals surface area (Å²) in [5, 5.41) is 3.41. The van der Waals surface area contributed by atoms with Crippen LogP contribution in [-0.2, 0) is 4.79 Å². The van der Waals surface area contributed by atoms with Crippen molar-refractivity contribution in [3.05, 3.63) is 58.4 Å². The second-order valence-corrected chi connectivity index (χ2v) is 9.73. The average Bonchev–Trinajstić information content (AvgIpc) is 2.91. The zero-order chi connectivity index (χ0) is 19.7. The molecule has 1 amide bonds. The van der Waals surface area contributed by atoms with Gasteiger partial charge in [-0.1, -0.05) is 15.9 Å². The predicted octanol–water partition coefficient (Wildman–Crippen LogP) is 6.33. The number of carbonyl (C=O) groups is 1. The van der Waals surface area contributed by atoms with Gasteiger partial charge in [-0.3, -0.25) is 4.79 Å². The van der Waals surface area contributed by atoms with Crippen LogP contribution in [0.1, 0.15) is 16.7 Å². The average molecular weight is 622 g/mol. The Labute approximate surface area is 192 Å². The Morgan fingerprint density at radius 3 is 2.44 bits per heavy atom. The molecule has 27 heavy (non-hydrogen) atoms. The van der Waals surface area contributed by atoms with Gasteiger partial charge in [-0.25, -0.2) is 4.99 Å². The summed E-state index contributed by atoms with van der Waals surface area (Å²) in [7, 11) is 1.63. The van der Waals surface area contributed by atoms with Gasteiger partial charge in [-0.2, -0.15) is 0 Å². The Bertz CT molecular complexity index is 959. The topological polar surface area (TPSA) is 50.7 Å². The lowest BCUT2D eigenvalue weighted by Gasteiger charge is -2.07. The van der Waals surface area contributed by atoms with Crippen molar-refractivity contribution in [2.24, 2.45) is 4.99 Å². The Kier molecular flexibility index (Phi) is 6.70. The van der Waals surface area contributed by atoms with Crippen molar-refractivity contribution in [1.29, 1.82) is 0 Å². The van der Waals surface area contributed by atoms with Crippen molar-refractivity contribution in [1.82, 2.24) is 5.32 Å². The molecule has 1 heterocycles. The summed E-state index contributed by atoms with van der Waals surface area (Å²) in [5.41, 5.74) is 3.95. The van der Waals surface area contributed by atoms with Crippen LogP contribution in [0.2, 0.25) is 0 Å². The Morgan fingerprint density at radius 1 is 1.19 bits per heavy atom. The van der Waals surface area contributed by atoms with E-state index in [2.05, 4.69) is 64.8 Å². The Balaban J connectivity index is 1.89. The van der Waals surface area contributed by atoms with Crippen LogP contribution in [-0.4, -0.2) is 18.2 Å². The number of aryl methyl sites for hydroxylation is 2. The van der Waals surface area contributed by atoms with Crippen molar-refractivity contribution >= 4 is 89.1 Å². The number of hydrogen-bond acceptors (Lipinski definition) is 4. The van der Waals surface area contributed by atoms with Crippen LogP contribution < -0.4 is 10.1 Å². The number of amides is 1. The van der Waals surface area contributed by atoms with Gasteiger partial charge in [0.25, 0.3) is 5.91 Å². The van der Waals surface area contributed by atoms with Gasteiger partial charge < -0.3 is 10.1 Å². The van der Waals surface area contributed by atoms with Gasteiger partial charge in [0.1, 0.15) is 5.75 Å². The van der Waals surface area contributed by atoms with Crippen LogP contribution in [0.15, 0.2) is 43.1 Å². The molecular weight excluding hydrogens is 607 g/mol. The summed E-state index contributed by atoms with van der Waals surface area (Å²) < 4.78 is 8.25. The van der Waals surface area contributed by atoms with E-state index in [4.69, 9.17) is 4.74 Å². The van der Waals surface area contributed by atoms with E-state index in [9.17, 15) is 4.79 Å². The first-order valence-corrected chi connectivity index (χ1v) is 11.4. The minimum Gasteiger partial charge on any atom is -0.494 e. The molecule has 140 valence electrons. The Morgan fingerprint density at radius 2 is 1.85 bits per heavy atom. The van der Waals surface area contributed by atoms with Crippen molar-refractivity contribution in [3.8, 4) is 5.75 Å². The van der Waals surface area contributed by atoms with E-state index in [1.165, 1.54) is 11.8 Å². The van der Waals surface area contributed by atoms with Crippen LogP contribution in [0.25, 0.3) is 6.08 Å². The largest absolute Gasteiger partial charge is 0.494 e. The molecule has 1 N–H and O–H groups in total. The van der Waals surface area contributed by atoms with Gasteiger partial charge in [0.05, 0.1) is 25.7 Å². The van der Waals surface area contributed by atoms with E-state index < -0.39 is 0 Å². The van der Waals surface area contributed by atoms with Crippen LogP contribution >= 0.6 is 66.2 Å². The number of hydrogen-bond donors (Lipinski definition) is 1. The van der Waals surface area contributed by atoms with Crippen molar-refractivity contribution in [2.75, 3.05) is 7.11 Å². The molecule has 1 aliphatic rings. The van der Waals surface area contributed by atoms with Gasteiger partial charge in [-0.15, -0.1) is 0 Å². The third-order valence-corrected chi connectivity index (χ3v) is 7.38. The number of benzene rings is 2. The zero-order valence-electron chi connectivity index (χ0n) is 14.7. The van der Waals surface area contributed by atoms with E-state index >= 15 is 0 Å². The minimum atomic E-state index is -0.147. The van der Waals surface area contributed by atoms with Crippen LogP contribution in [0.4, 0.5) is 5.69 Å². The lowest BCUT2D eigenvalue weighted by molar-refractivity contribution is -0.115. The number of nitrogens with one attached hydrogen (secondary N) is 1. The standard InChI is InChI=1S/C19H15Br2IN2O2S/c1-9-4-12(5-10(2)16(9)21)23-19-24-18(25)15(27-19)8-11-6-13(20)17(26-3)14(22)7-11/h4-8H,1-3H3,(H,23,24,25)/b15-8-. The quantitative estimate of drug-likeness (QED) is 0.322. The van der Waals surface area contributed by atoms with Gasteiger partial charge in [0.2, 0.25) is 0 Å². The maximum atomic E-state index is 12.3. The second-order valence-electron chi connectivity index (χ2n) is 5.89. The second kappa shape index (κ2) is 8.67. The number of rotatable bonds is 3. The molecule has 0 aromatic heterocycles. The highest BCUT2D eigenvalue weighted by atomic mass is 127. The predicted molar refractivity (Wildman–Crippen MR) is 128 cm³/mol. The number of ether oxygens (including phenoxy) is 1. The molecule has 1 fully saturated rings. The highest BCUT2D eigenvalue weighted by Gasteiger charge is 2.24. The summed E-state index contributed by atoms with van der Waals surface area (Å²) in [6, 6.07) is 7.88. The first-order chi connectivity index (χ1) is 12.8. The number of amidine groups is 1. The molecule has 0 radical (unpaired) electrons. The summed E-state index contributed by atoms with van der Waals surface area (Å²) in [6.45, 7) is 4.05. The number of methoxy groups -OCH3 is 1. The van der Waals surface area contributed by atoms with E-state index in [1.54, 1.807) is 7.11 Å². The summed E-state index contributed by atoms with van der Waals surface area (Å²) in [4.78, 5) is 17.5. The first kappa shape index (κ1) is 20.9. The highest BCUT2D eigenvalue weighted by molar-refractivity contribution is 14.1. The molecule has 4 nitrogen and oxygen atoms in total. The molecule has 3 rings (SSSR count). The van der Waals surface area contributed by atoms with Crippen LogP contribution in [0.5, 0.6) is 5.75 Å². The van der Waals surface area contributed by atoms with Crippen molar-refractivity contribution < 1.29 is 9.53 Å². The van der Waals surface area contributed by atoms with Crippen LogP contribution in [0, 0.1) is 17.4 Å². The molecule has 2 aromatic rings.